The maximum atomic E-state index is 12.7. The molecule has 2 N–H and O–H groups in total. The first-order valence-corrected chi connectivity index (χ1v) is 12.4. The van der Waals surface area contributed by atoms with E-state index in [4.69, 9.17) is 9.47 Å². The molecule has 1 saturated heterocycles. The summed E-state index contributed by atoms with van der Waals surface area (Å²) in [4.78, 5) is 43.3. The van der Waals surface area contributed by atoms with Crippen molar-refractivity contribution in [2.75, 3.05) is 26.8 Å². The monoisotopic (exact) mass is 508 g/mol. The SMILES string of the molecule is COc1ccc(CN(CC(=O)O)C(=O)CCCCCCOc2ccc3c(c2)CN2CC(=O)NC2=N3)cc1. The number of benzene rings is 2. The smallest absolute Gasteiger partial charge is 0.323 e. The lowest BCUT2D eigenvalue weighted by Crippen LogP contribution is -2.35. The van der Waals surface area contributed by atoms with Crippen molar-refractivity contribution < 1.29 is 29.0 Å². The summed E-state index contributed by atoms with van der Waals surface area (Å²) in [6.07, 6.45) is 3.62. The summed E-state index contributed by atoms with van der Waals surface area (Å²) in [5, 5.41) is 12.0. The summed E-state index contributed by atoms with van der Waals surface area (Å²) in [5.41, 5.74) is 2.72. The summed E-state index contributed by atoms with van der Waals surface area (Å²) < 4.78 is 11.0. The average molecular weight is 509 g/mol. The fourth-order valence-corrected chi connectivity index (χ4v) is 4.35. The van der Waals surface area contributed by atoms with Crippen LogP contribution in [0, 0.1) is 0 Å². The van der Waals surface area contributed by atoms with Crippen LogP contribution >= 0.6 is 0 Å². The van der Waals surface area contributed by atoms with Gasteiger partial charge < -0.3 is 24.4 Å². The molecule has 0 unspecified atom stereocenters. The van der Waals surface area contributed by atoms with Crippen LogP contribution in [0.15, 0.2) is 47.5 Å². The lowest BCUT2D eigenvalue weighted by atomic mass is 10.1. The molecule has 0 saturated carbocycles. The van der Waals surface area contributed by atoms with Crippen molar-refractivity contribution >= 4 is 29.4 Å². The number of fused-ring (bicyclic) bond motifs is 2. The van der Waals surface area contributed by atoms with Crippen LogP contribution in [-0.4, -0.2) is 65.5 Å². The van der Waals surface area contributed by atoms with Crippen LogP contribution in [0.25, 0.3) is 0 Å². The maximum absolute atomic E-state index is 12.7. The van der Waals surface area contributed by atoms with Gasteiger partial charge in [-0.1, -0.05) is 25.0 Å². The molecule has 10 nitrogen and oxygen atoms in total. The molecule has 10 heteroatoms. The van der Waals surface area contributed by atoms with Crippen molar-refractivity contribution in [3.05, 3.63) is 53.6 Å². The molecule has 0 bridgehead atoms. The fourth-order valence-electron chi connectivity index (χ4n) is 4.35. The van der Waals surface area contributed by atoms with E-state index in [0.717, 1.165) is 41.8 Å². The molecule has 0 radical (unpaired) electrons. The third-order valence-corrected chi connectivity index (χ3v) is 6.29. The summed E-state index contributed by atoms with van der Waals surface area (Å²) in [7, 11) is 1.58. The van der Waals surface area contributed by atoms with Gasteiger partial charge in [0, 0.05) is 25.1 Å². The fraction of sp³-hybridized carbons (Fsp3) is 0.407. The Morgan fingerprint density at radius 3 is 2.57 bits per heavy atom. The van der Waals surface area contributed by atoms with Crippen LogP contribution in [0.5, 0.6) is 11.5 Å². The van der Waals surface area contributed by atoms with Gasteiger partial charge in [0.2, 0.25) is 17.8 Å². The number of hydrogen-bond acceptors (Lipinski definition) is 7. The van der Waals surface area contributed by atoms with Crippen molar-refractivity contribution in [2.45, 2.75) is 45.2 Å². The summed E-state index contributed by atoms with van der Waals surface area (Å²) in [6.45, 7) is 1.43. The minimum Gasteiger partial charge on any atom is -0.497 e. The number of aliphatic imine (C=N–C) groups is 1. The highest BCUT2D eigenvalue weighted by molar-refractivity contribution is 6.05. The second-order valence-electron chi connectivity index (χ2n) is 9.13. The molecule has 2 amide bonds. The van der Waals surface area contributed by atoms with Crippen LogP contribution in [-0.2, 0) is 27.5 Å². The third kappa shape index (κ3) is 7.22. The van der Waals surface area contributed by atoms with Gasteiger partial charge in [-0.25, -0.2) is 4.99 Å². The number of nitrogens with one attached hydrogen (secondary N) is 1. The van der Waals surface area contributed by atoms with Crippen LogP contribution in [0.1, 0.15) is 43.2 Å². The Morgan fingerprint density at radius 1 is 1.05 bits per heavy atom. The number of unbranched alkanes of at least 4 members (excludes halogenated alkanes) is 3. The van der Waals surface area contributed by atoms with Crippen molar-refractivity contribution in [1.29, 1.82) is 0 Å². The standard InChI is InChI=1S/C27H32N4O6/c1-36-21-9-7-19(8-10-21)15-30(18-26(34)35)25(33)6-4-2-3-5-13-37-22-11-12-23-20(14-22)16-31-17-24(32)29-27(31)28-23/h7-12,14H,2-6,13,15-18H2,1H3,(H,34,35)(H,28,29,32). The Balaban J connectivity index is 1.15. The van der Waals surface area contributed by atoms with Crippen LogP contribution in [0.2, 0.25) is 0 Å². The van der Waals surface area contributed by atoms with Gasteiger partial charge in [-0.3, -0.25) is 19.7 Å². The van der Waals surface area contributed by atoms with E-state index in [-0.39, 0.29) is 24.9 Å². The molecule has 2 aliphatic heterocycles. The number of rotatable bonds is 13. The van der Waals surface area contributed by atoms with E-state index in [1.54, 1.807) is 19.2 Å². The number of hydrogen-bond donors (Lipinski definition) is 2. The van der Waals surface area contributed by atoms with Crippen LogP contribution in [0.4, 0.5) is 5.69 Å². The molecule has 1 fully saturated rings. The number of aliphatic carboxylic acids is 1. The first-order valence-electron chi connectivity index (χ1n) is 12.4. The van der Waals surface area contributed by atoms with Gasteiger partial charge in [0.15, 0.2) is 0 Å². The van der Waals surface area contributed by atoms with Crippen LogP contribution < -0.4 is 14.8 Å². The van der Waals surface area contributed by atoms with Crippen molar-refractivity contribution in [2.24, 2.45) is 4.99 Å². The quantitative estimate of drug-likeness (QED) is 0.399. The van der Waals surface area contributed by atoms with E-state index < -0.39 is 5.97 Å². The number of carboxylic acid groups (broad SMARTS) is 1. The van der Waals surface area contributed by atoms with E-state index in [2.05, 4.69) is 10.3 Å². The second kappa shape index (κ2) is 12.2. The van der Waals surface area contributed by atoms with E-state index in [1.807, 2.05) is 35.2 Å². The van der Waals surface area contributed by atoms with Gasteiger partial charge in [-0.15, -0.1) is 0 Å². The predicted molar refractivity (Wildman–Crippen MR) is 137 cm³/mol. The highest BCUT2D eigenvalue weighted by atomic mass is 16.5. The number of ether oxygens (including phenoxy) is 2. The van der Waals surface area contributed by atoms with E-state index in [9.17, 15) is 19.5 Å². The minimum atomic E-state index is -1.03. The van der Waals surface area contributed by atoms with Gasteiger partial charge in [-0.05, 0) is 48.7 Å². The zero-order chi connectivity index (χ0) is 26.2. The molecule has 196 valence electrons. The Labute approximate surface area is 215 Å². The molecular formula is C27H32N4O6. The van der Waals surface area contributed by atoms with Gasteiger partial charge in [0.05, 0.1) is 19.4 Å². The molecule has 0 aliphatic carbocycles. The molecular weight excluding hydrogens is 476 g/mol. The zero-order valence-corrected chi connectivity index (χ0v) is 20.9. The largest absolute Gasteiger partial charge is 0.497 e. The minimum absolute atomic E-state index is 0.0448. The van der Waals surface area contributed by atoms with Crippen molar-refractivity contribution in [1.82, 2.24) is 15.1 Å². The topological polar surface area (TPSA) is 121 Å². The molecule has 0 atom stereocenters. The number of carboxylic acids is 1. The molecule has 2 aliphatic rings. The molecule has 2 heterocycles. The highest BCUT2D eigenvalue weighted by Crippen LogP contribution is 2.30. The molecule has 0 spiro atoms. The molecule has 4 rings (SSSR count). The normalized spacial score (nSPS) is 13.8. The Morgan fingerprint density at radius 2 is 1.81 bits per heavy atom. The van der Waals surface area contributed by atoms with Gasteiger partial charge in [-0.2, -0.15) is 0 Å². The second-order valence-corrected chi connectivity index (χ2v) is 9.13. The number of amides is 2. The number of carbonyl (C=O) groups is 3. The summed E-state index contributed by atoms with van der Waals surface area (Å²) in [5.74, 6) is 0.853. The van der Waals surface area contributed by atoms with Gasteiger partial charge in [0.25, 0.3) is 0 Å². The highest BCUT2D eigenvalue weighted by Gasteiger charge is 2.29. The average Bonchev–Trinajstić information content (AvgIpc) is 3.24. The van der Waals surface area contributed by atoms with Crippen LogP contribution in [0.3, 0.4) is 0 Å². The summed E-state index contributed by atoms with van der Waals surface area (Å²) in [6, 6.07) is 13.0. The number of methoxy groups -OCH3 is 1. The lowest BCUT2D eigenvalue weighted by Gasteiger charge is -2.23. The van der Waals surface area contributed by atoms with Gasteiger partial charge >= 0.3 is 5.97 Å². The zero-order valence-electron chi connectivity index (χ0n) is 20.9. The van der Waals surface area contributed by atoms with Crippen molar-refractivity contribution in [3.8, 4) is 11.5 Å². The molecule has 0 aromatic heterocycles. The van der Waals surface area contributed by atoms with E-state index in [1.165, 1.54) is 4.90 Å². The molecule has 37 heavy (non-hydrogen) atoms. The Kier molecular flexibility index (Phi) is 8.60. The van der Waals surface area contributed by atoms with E-state index in [0.29, 0.717) is 44.2 Å². The molecule has 2 aromatic carbocycles. The number of carbonyl (C=O) groups excluding carboxylic acids is 2. The lowest BCUT2D eigenvalue weighted by molar-refractivity contribution is -0.145. The first kappa shape index (κ1) is 26.0. The van der Waals surface area contributed by atoms with Gasteiger partial charge in [0.1, 0.15) is 24.6 Å². The summed E-state index contributed by atoms with van der Waals surface area (Å²) >= 11 is 0. The van der Waals surface area contributed by atoms with E-state index >= 15 is 0 Å². The Hall–Kier alpha value is -4.08. The molecule has 2 aromatic rings. The Bertz CT molecular complexity index is 1160. The first-order chi connectivity index (χ1) is 17.9. The predicted octanol–water partition coefficient (Wildman–Crippen LogP) is 3.07. The van der Waals surface area contributed by atoms with Crippen molar-refractivity contribution in [3.63, 3.8) is 0 Å². The third-order valence-electron chi connectivity index (χ3n) is 6.29. The number of guanidine groups is 1. The number of nitrogens with zero attached hydrogens (tertiary/aromatic N) is 3. The maximum Gasteiger partial charge on any atom is 0.323 e.